The molecule has 1 atom stereocenters. The third kappa shape index (κ3) is 4.50. The van der Waals surface area contributed by atoms with Crippen molar-refractivity contribution in [2.45, 2.75) is 12.5 Å². The third-order valence-electron chi connectivity index (χ3n) is 4.24. The molecule has 0 radical (unpaired) electrons. The van der Waals surface area contributed by atoms with Crippen molar-refractivity contribution in [3.8, 4) is 0 Å². The average molecular weight is 413 g/mol. The lowest BCUT2D eigenvalue weighted by Gasteiger charge is -2.28. The molecule has 2 aromatic rings. The second-order valence-electron chi connectivity index (χ2n) is 6.14. The molecule has 138 valence electrons. The summed E-state index contributed by atoms with van der Waals surface area (Å²) in [7, 11) is -3.11. The lowest BCUT2D eigenvalue weighted by atomic mass is 10.1. The number of para-hydroxylation sites is 1. The molecule has 3 rings (SSSR count). The van der Waals surface area contributed by atoms with Gasteiger partial charge in [0.15, 0.2) is 9.84 Å². The Bertz CT molecular complexity index is 904. The molecule has 0 aromatic heterocycles. The standard InChI is InChI=1S/C18H18Cl2N2O3S/c19-16-7-6-13(10-17(16)20)21-11-18(23)22(14-4-2-1-3-5-14)15-8-9-26(24,25)12-15/h1-7,10,15,21H,8-9,11-12H2. The molecule has 5 nitrogen and oxygen atoms in total. The van der Waals surface area contributed by atoms with Gasteiger partial charge in [-0.1, -0.05) is 41.4 Å². The minimum Gasteiger partial charge on any atom is -0.376 e. The number of rotatable bonds is 5. The normalized spacial score (nSPS) is 18.5. The maximum Gasteiger partial charge on any atom is 0.246 e. The van der Waals surface area contributed by atoms with E-state index in [1.54, 1.807) is 23.1 Å². The van der Waals surface area contributed by atoms with Gasteiger partial charge >= 0.3 is 0 Å². The molecule has 2 aromatic carbocycles. The largest absolute Gasteiger partial charge is 0.376 e. The van der Waals surface area contributed by atoms with Gasteiger partial charge < -0.3 is 10.2 Å². The van der Waals surface area contributed by atoms with E-state index in [4.69, 9.17) is 23.2 Å². The van der Waals surface area contributed by atoms with Gasteiger partial charge in [-0.2, -0.15) is 0 Å². The number of nitrogens with one attached hydrogen (secondary N) is 1. The van der Waals surface area contributed by atoms with Crippen LogP contribution in [0.15, 0.2) is 48.5 Å². The fourth-order valence-electron chi connectivity index (χ4n) is 2.99. The van der Waals surface area contributed by atoms with Gasteiger partial charge in [-0.05, 0) is 36.8 Å². The lowest BCUT2D eigenvalue weighted by Crippen LogP contribution is -2.44. The average Bonchev–Trinajstić information content (AvgIpc) is 2.96. The molecule has 0 spiro atoms. The van der Waals surface area contributed by atoms with Crippen molar-refractivity contribution in [2.24, 2.45) is 0 Å². The Balaban J connectivity index is 1.78. The topological polar surface area (TPSA) is 66.5 Å². The van der Waals surface area contributed by atoms with Crippen LogP contribution >= 0.6 is 23.2 Å². The fraction of sp³-hybridized carbons (Fsp3) is 0.278. The molecule has 1 amide bonds. The number of carbonyl (C=O) groups excluding carboxylic acids is 1. The summed E-state index contributed by atoms with van der Waals surface area (Å²) in [4.78, 5) is 14.5. The van der Waals surface area contributed by atoms with E-state index in [1.165, 1.54) is 0 Å². The van der Waals surface area contributed by atoms with E-state index in [2.05, 4.69) is 5.32 Å². The molecule has 1 aliphatic heterocycles. The van der Waals surface area contributed by atoms with Crippen molar-refractivity contribution in [3.63, 3.8) is 0 Å². The van der Waals surface area contributed by atoms with Crippen molar-refractivity contribution >= 4 is 50.3 Å². The molecule has 0 bridgehead atoms. The van der Waals surface area contributed by atoms with Gasteiger partial charge in [-0.3, -0.25) is 4.79 Å². The molecule has 1 aliphatic rings. The summed E-state index contributed by atoms with van der Waals surface area (Å²) in [6, 6.07) is 13.8. The van der Waals surface area contributed by atoms with Crippen LogP contribution in [0.5, 0.6) is 0 Å². The Morgan fingerprint density at radius 3 is 2.46 bits per heavy atom. The van der Waals surface area contributed by atoms with E-state index in [0.717, 1.165) is 0 Å². The molecule has 0 saturated carbocycles. The number of benzene rings is 2. The molecule has 1 saturated heterocycles. The highest BCUT2D eigenvalue weighted by Crippen LogP contribution is 2.26. The van der Waals surface area contributed by atoms with Gasteiger partial charge in [0, 0.05) is 11.4 Å². The summed E-state index contributed by atoms with van der Waals surface area (Å²) in [5.41, 5.74) is 1.36. The van der Waals surface area contributed by atoms with Crippen molar-refractivity contribution in [2.75, 3.05) is 28.3 Å². The van der Waals surface area contributed by atoms with Crippen molar-refractivity contribution < 1.29 is 13.2 Å². The third-order valence-corrected chi connectivity index (χ3v) is 6.73. The minimum absolute atomic E-state index is 0.0135. The number of carbonyl (C=O) groups is 1. The molecule has 8 heteroatoms. The van der Waals surface area contributed by atoms with Crippen molar-refractivity contribution in [3.05, 3.63) is 58.6 Å². The van der Waals surface area contributed by atoms with Crippen LogP contribution in [0.1, 0.15) is 6.42 Å². The van der Waals surface area contributed by atoms with Crippen LogP contribution in [-0.4, -0.2) is 38.4 Å². The van der Waals surface area contributed by atoms with Crippen LogP contribution in [0.25, 0.3) is 0 Å². The first-order valence-electron chi connectivity index (χ1n) is 8.12. The smallest absolute Gasteiger partial charge is 0.246 e. The molecule has 0 aliphatic carbocycles. The number of nitrogens with zero attached hydrogens (tertiary/aromatic N) is 1. The molecule has 1 fully saturated rings. The second-order valence-corrected chi connectivity index (χ2v) is 9.18. The van der Waals surface area contributed by atoms with Crippen LogP contribution in [0.3, 0.4) is 0 Å². The molecule has 1 heterocycles. The van der Waals surface area contributed by atoms with Gasteiger partial charge in [-0.25, -0.2) is 8.42 Å². The van der Waals surface area contributed by atoms with Crippen molar-refractivity contribution in [1.82, 2.24) is 0 Å². The van der Waals surface area contributed by atoms with Gasteiger partial charge in [0.2, 0.25) is 5.91 Å². The molecule has 1 unspecified atom stereocenters. The van der Waals surface area contributed by atoms with E-state index < -0.39 is 9.84 Å². The zero-order chi connectivity index (χ0) is 18.7. The predicted octanol–water partition coefficient (Wildman–Crippen LogP) is 3.63. The molecular weight excluding hydrogens is 395 g/mol. The lowest BCUT2D eigenvalue weighted by molar-refractivity contribution is -0.117. The number of hydrogen-bond acceptors (Lipinski definition) is 4. The maximum atomic E-state index is 12.9. The van der Waals surface area contributed by atoms with Gasteiger partial charge in [0.25, 0.3) is 0 Å². The molecular formula is C18H18Cl2N2O3S. The van der Waals surface area contributed by atoms with Crippen LogP contribution in [0.4, 0.5) is 11.4 Å². The maximum absolute atomic E-state index is 12.9. The quantitative estimate of drug-likeness (QED) is 0.813. The van der Waals surface area contributed by atoms with Crippen molar-refractivity contribution in [1.29, 1.82) is 0 Å². The number of anilines is 2. The van der Waals surface area contributed by atoms with E-state index in [9.17, 15) is 13.2 Å². The Morgan fingerprint density at radius 1 is 1.12 bits per heavy atom. The number of sulfone groups is 1. The number of halogens is 2. The highest BCUT2D eigenvalue weighted by atomic mass is 35.5. The summed E-state index contributed by atoms with van der Waals surface area (Å²) >= 11 is 11.9. The SMILES string of the molecule is O=C(CNc1ccc(Cl)c(Cl)c1)N(c1ccccc1)C1CCS(=O)(=O)C1. The first kappa shape index (κ1) is 19.0. The summed E-state index contributed by atoms with van der Waals surface area (Å²) in [5, 5.41) is 3.85. The Kier molecular flexibility index (Phi) is 5.75. The Morgan fingerprint density at radius 2 is 1.85 bits per heavy atom. The van der Waals surface area contributed by atoms with E-state index in [-0.39, 0.29) is 30.0 Å². The van der Waals surface area contributed by atoms with Crippen LogP contribution in [-0.2, 0) is 14.6 Å². The van der Waals surface area contributed by atoms with E-state index in [1.807, 2.05) is 30.3 Å². The van der Waals surface area contributed by atoms with E-state index in [0.29, 0.717) is 27.8 Å². The number of amides is 1. The van der Waals surface area contributed by atoms with Crippen LogP contribution in [0.2, 0.25) is 10.0 Å². The van der Waals surface area contributed by atoms with Gasteiger partial charge in [0.05, 0.1) is 34.1 Å². The Labute approximate surface area is 162 Å². The zero-order valence-corrected chi connectivity index (χ0v) is 16.2. The number of hydrogen-bond donors (Lipinski definition) is 1. The predicted molar refractivity (Wildman–Crippen MR) is 106 cm³/mol. The monoisotopic (exact) mass is 412 g/mol. The zero-order valence-electron chi connectivity index (χ0n) is 13.9. The van der Waals surface area contributed by atoms with Gasteiger partial charge in [-0.15, -0.1) is 0 Å². The first-order chi connectivity index (χ1) is 12.4. The van der Waals surface area contributed by atoms with Gasteiger partial charge in [0.1, 0.15) is 0 Å². The first-order valence-corrected chi connectivity index (χ1v) is 10.7. The van der Waals surface area contributed by atoms with Crippen LogP contribution in [0, 0.1) is 0 Å². The highest BCUT2D eigenvalue weighted by molar-refractivity contribution is 7.91. The summed E-state index contributed by atoms with van der Waals surface area (Å²) in [6.07, 6.45) is 0.440. The fourth-order valence-corrected chi connectivity index (χ4v) is 4.99. The minimum atomic E-state index is -3.11. The highest BCUT2D eigenvalue weighted by Gasteiger charge is 2.35. The molecule has 26 heavy (non-hydrogen) atoms. The Hall–Kier alpha value is -1.76. The molecule has 1 N–H and O–H groups in total. The summed E-state index contributed by atoms with van der Waals surface area (Å²) in [6.45, 7) is 0.0173. The summed E-state index contributed by atoms with van der Waals surface area (Å²) < 4.78 is 23.7. The second kappa shape index (κ2) is 7.86. The summed E-state index contributed by atoms with van der Waals surface area (Å²) in [5.74, 6) is -0.112. The van der Waals surface area contributed by atoms with E-state index >= 15 is 0 Å². The van der Waals surface area contributed by atoms with Crippen LogP contribution < -0.4 is 10.2 Å².